The molecule has 1 radical (unpaired) electrons. The lowest BCUT2D eigenvalue weighted by atomic mass is 10.0. The molecule has 0 saturated carbocycles. The summed E-state index contributed by atoms with van der Waals surface area (Å²) in [5.74, 6) is -0.317. The molecule has 6 heteroatoms. The van der Waals surface area contributed by atoms with Gasteiger partial charge in [0, 0.05) is 38.7 Å². The highest BCUT2D eigenvalue weighted by molar-refractivity contribution is 5.91. The third-order valence-electron chi connectivity index (χ3n) is 7.45. The van der Waals surface area contributed by atoms with Gasteiger partial charge < -0.3 is 24.0 Å². The minimum Gasteiger partial charge on any atom is -0.459 e. The molecule has 0 N–H and O–H groups in total. The van der Waals surface area contributed by atoms with Crippen LogP contribution in [-0.4, -0.2) is 54.8 Å². The second-order valence-electron chi connectivity index (χ2n) is 10.9. The van der Waals surface area contributed by atoms with E-state index in [-0.39, 0.29) is 18.7 Å². The monoisotopic (exact) mass is 557 g/mol. The van der Waals surface area contributed by atoms with E-state index in [0.717, 1.165) is 25.1 Å². The van der Waals surface area contributed by atoms with Crippen LogP contribution >= 0.6 is 0 Å². The standard InChI is InChI=1S/C34H57N2O4/c1-4-7-8-9-10-11-12-13-14-15-16-17-18-21-26-38-28-32(39-6-3)29-40-34(37)33-23-20-19-22-31(33)27-36-25-24-35(5-2)30-36/h19-20,22-25,30,32H,4-18,21,26-29H2,1-3H3. The summed E-state index contributed by atoms with van der Waals surface area (Å²) in [4.78, 5) is 17.1. The molecule has 0 aliphatic carbocycles. The molecule has 1 unspecified atom stereocenters. The lowest BCUT2D eigenvalue weighted by Crippen LogP contribution is -2.28. The van der Waals surface area contributed by atoms with E-state index in [1.54, 1.807) is 0 Å². The average molecular weight is 558 g/mol. The lowest BCUT2D eigenvalue weighted by molar-refractivity contribution is -0.0466. The Morgan fingerprint density at radius 1 is 0.750 bits per heavy atom. The summed E-state index contributed by atoms with van der Waals surface area (Å²) in [7, 11) is 0. The van der Waals surface area contributed by atoms with E-state index in [0.29, 0.717) is 25.3 Å². The lowest BCUT2D eigenvalue weighted by Gasteiger charge is -2.21. The summed E-state index contributed by atoms with van der Waals surface area (Å²) in [5, 5.41) is 0. The van der Waals surface area contributed by atoms with E-state index < -0.39 is 0 Å². The Balaban J connectivity index is 1.53. The summed E-state index contributed by atoms with van der Waals surface area (Å²) in [6.45, 7) is 11.8. The van der Waals surface area contributed by atoms with Gasteiger partial charge in [-0.05, 0) is 31.9 Å². The zero-order valence-corrected chi connectivity index (χ0v) is 25.8. The number of hydrogen-bond donors (Lipinski definition) is 0. The highest BCUT2D eigenvalue weighted by atomic mass is 16.6. The van der Waals surface area contributed by atoms with Gasteiger partial charge in [0.05, 0.1) is 12.2 Å². The molecule has 1 aromatic rings. The molecule has 227 valence electrons. The van der Waals surface area contributed by atoms with Crippen molar-refractivity contribution in [1.29, 1.82) is 0 Å². The number of benzene rings is 1. The van der Waals surface area contributed by atoms with Crippen LogP contribution in [0.2, 0.25) is 0 Å². The van der Waals surface area contributed by atoms with Gasteiger partial charge in [0.25, 0.3) is 0 Å². The Bertz CT molecular complexity index is 800. The molecule has 2 rings (SSSR count). The fourth-order valence-electron chi connectivity index (χ4n) is 5.01. The quantitative estimate of drug-likeness (QED) is 0.0888. The minimum absolute atomic E-state index is 0.194. The van der Waals surface area contributed by atoms with Crippen molar-refractivity contribution in [3.05, 3.63) is 54.5 Å². The van der Waals surface area contributed by atoms with E-state index in [4.69, 9.17) is 14.2 Å². The minimum atomic E-state index is -0.317. The first kappa shape index (κ1) is 34.2. The topological polar surface area (TPSA) is 51.2 Å². The maximum absolute atomic E-state index is 12.9. The molecule has 6 nitrogen and oxygen atoms in total. The fraction of sp³-hybridized carbons (Fsp3) is 0.706. The smallest absolute Gasteiger partial charge is 0.338 e. The summed E-state index contributed by atoms with van der Waals surface area (Å²) in [6.07, 6.45) is 22.7. The van der Waals surface area contributed by atoms with E-state index in [1.807, 2.05) is 50.3 Å². The molecule has 0 bridgehead atoms. The Labute approximate surface area is 245 Å². The number of ether oxygens (including phenoxy) is 3. The van der Waals surface area contributed by atoms with E-state index in [1.165, 1.54) is 83.5 Å². The number of hydrogen-bond acceptors (Lipinski definition) is 6. The van der Waals surface area contributed by atoms with Gasteiger partial charge in [0.2, 0.25) is 0 Å². The van der Waals surface area contributed by atoms with E-state index in [9.17, 15) is 4.79 Å². The Morgan fingerprint density at radius 3 is 1.95 bits per heavy atom. The summed E-state index contributed by atoms with van der Waals surface area (Å²) < 4.78 is 17.3. The van der Waals surface area contributed by atoms with E-state index in [2.05, 4.69) is 23.6 Å². The van der Waals surface area contributed by atoms with Crippen molar-refractivity contribution in [2.45, 2.75) is 123 Å². The molecule has 1 heterocycles. The maximum atomic E-state index is 12.9. The SMILES string of the molecule is CCCCCCCCCCCCCCCCOCC(COC(=O)c1ccccc1CN1[CH]N(CC)C=C1)OCC. The molecular formula is C34H57N2O4. The summed E-state index contributed by atoms with van der Waals surface area (Å²) in [6, 6.07) is 7.64. The fourth-order valence-corrected chi connectivity index (χ4v) is 5.01. The average Bonchev–Trinajstić information content (AvgIpc) is 3.43. The first-order chi connectivity index (χ1) is 19.7. The number of carbonyl (C=O) groups excluding carboxylic acids is 1. The summed E-state index contributed by atoms with van der Waals surface area (Å²) >= 11 is 0. The van der Waals surface area contributed by atoms with Gasteiger partial charge in [-0.2, -0.15) is 0 Å². The Hall–Kier alpha value is -2.05. The van der Waals surface area contributed by atoms with Crippen molar-refractivity contribution in [3.63, 3.8) is 0 Å². The van der Waals surface area contributed by atoms with Crippen LogP contribution < -0.4 is 0 Å². The number of unbranched alkanes of at least 4 members (excludes halogenated alkanes) is 13. The third-order valence-corrected chi connectivity index (χ3v) is 7.45. The van der Waals surface area contributed by atoms with Crippen LogP contribution in [0.3, 0.4) is 0 Å². The zero-order valence-electron chi connectivity index (χ0n) is 25.8. The predicted molar refractivity (Wildman–Crippen MR) is 165 cm³/mol. The van der Waals surface area contributed by atoms with Gasteiger partial charge in [0.1, 0.15) is 19.4 Å². The van der Waals surface area contributed by atoms with Crippen molar-refractivity contribution in [2.75, 3.05) is 33.0 Å². The Morgan fingerprint density at radius 2 is 1.35 bits per heavy atom. The molecule has 40 heavy (non-hydrogen) atoms. The molecule has 0 fully saturated rings. The number of nitrogens with zero attached hydrogens (tertiary/aromatic N) is 2. The van der Waals surface area contributed by atoms with Gasteiger partial charge >= 0.3 is 5.97 Å². The molecule has 0 amide bonds. The first-order valence-corrected chi connectivity index (χ1v) is 16.2. The van der Waals surface area contributed by atoms with Gasteiger partial charge in [-0.25, -0.2) is 4.79 Å². The molecule has 1 atom stereocenters. The second-order valence-corrected chi connectivity index (χ2v) is 10.9. The van der Waals surface area contributed by atoms with Gasteiger partial charge in [-0.15, -0.1) is 0 Å². The van der Waals surface area contributed by atoms with Crippen LogP contribution in [0.5, 0.6) is 0 Å². The van der Waals surface area contributed by atoms with Crippen molar-refractivity contribution >= 4 is 5.97 Å². The largest absolute Gasteiger partial charge is 0.459 e. The highest BCUT2D eigenvalue weighted by Crippen LogP contribution is 2.19. The first-order valence-electron chi connectivity index (χ1n) is 16.2. The highest BCUT2D eigenvalue weighted by Gasteiger charge is 2.19. The van der Waals surface area contributed by atoms with Gasteiger partial charge in [0.15, 0.2) is 0 Å². The van der Waals surface area contributed by atoms with Crippen LogP contribution in [0.4, 0.5) is 0 Å². The third kappa shape index (κ3) is 15.1. The zero-order chi connectivity index (χ0) is 28.7. The molecule has 1 aliphatic heterocycles. The number of rotatable bonds is 25. The van der Waals surface area contributed by atoms with Gasteiger partial charge in [-0.1, -0.05) is 109 Å². The molecular weight excluding hydrogens is 500 g/mol. The van der Waals surface area contributed by atoms with Gasteiger partial charge in [-0.3, -0.25) is 0 Å². The maximum Gasteiger partial charge on any atom is 0.338 e. The summed E-state index contributed by atoms with van der Waals surface area (Å²) in [5.41, 5.74) is 1.53. The van der Waals surface area contributed by atoms with E-state index >= 15 is 0 Å². The Kier molecular flexibility index (Phi) is 19.3. The molecule has 1 aliphatic rings. The van der Waals surface area contributed by atoms with Crippen molar-refractivity contribution in [2.24, 2.45) is 0 Å². The van der Waals surface area contributed by atoms with Crippen LogP contribution in [-0.2, 0) is 20.8 Å². The van der Waals surface area contributed by atoms with Crippen molar-refractivity contribution < 1.29 is 19.0 Å². The molecule has 0 aromatic heterocycles. The second kappa shape index (κ2) is 22.6. The molecule has 0 saturated heterocycles. The molecule has 0 spiro atoms. The van der Waals surface area contributed by atoms with Crippen molar-refractivity contribution in [1.82, 2.24) is 9.80 Å². The normalized spacial score (nSPS) is 13.8. The van der Waals surface area contributed by atoms with Crippen LogP contribution in [0.25, 0.3) is 0 Å². The van der Waals surface area contributed by atoms with Crippen LogP contribution in [0, 0.1) is 6.67 Å². The number of carbonyl (C=O) groups is 1. The molecule has 1 aromatic carbocycles. The number of esters is 1. The van der Waals surface area contributed by atoms with Crippen molar-refractivity contribution in [3.8, 4) is 0 Å². The van der Waals surface area contributed by atoms with Crippen LogP contribution in [0.1, 0.15) is 127 Å². The van der Waals surface area contributed by atoms with Crippen LogP contribution in [0.15, 0.2) is 36.7 Å². The predicted octanol–water partition coefficient (Wildman–Crippen LogP) is 8.47.